The van der Waals surface area contributed by atoms with Crippen LogP contribution in [0.4, 0.5) is 0 Å². The molecule has 0 spiro atoms. The first-order valence-electron chi connectivity index (χ1n) is 10.1. The van der Waals surface area contributed by atoms with Crippen LogP contribution in [0.25, 0.3) is 0 Å². The summed E-state index contributed by atoms with van der Waals surface area (Å²) in [6.07, 6.45) is 4.07. The van der Waals surface area contributed by atoms with Gasteiger partial charge in [-0.25, -0.2) is 13.9 Å². The van der Waals surface area contributed by atoms with Crippen molar-refractivity contribution in [3.63, 3.8) is 0 Å². The lowest BCUT2D eigenvalue weighted by Crippen LogP contribution is -2.45. The number of aromatic nitrogens is 1. The third-order valence-electron chi connectivity index (χ3n) is 4.49. The lowest BCUT2D eigenvalue weighted by atomic mass is 10.1. The topological polar surface area (TPSA) is 147 Å². The number of sulfonamides is 1. The number of ether oxygens (including phenoxy) is 1. The van der Waals surface area contributed by atoms with Gasteiger partial charge in [-0.3, -0.25) is 19.8 Å². The van der Waals surface area contributed by atoms with E-state index in [0.717, 1.165) is 0 Å². The Morgan fingerprint density at radius 2 is 1.82 bits per heavy atom. The molecule has 1 heterocycles. The number of pyridine rings is 1. The summed E-state index contributed by atoms with van der Waals surface area (Å²) in [7, 11) is -4.03. The molecule has 0 aliphatic rings. The molecule has 176 valence electrons. The highest BCUT2D eigenvalue weighted by Crippen LogP contribution is 2.17. The zero-order chi connectivity index (χ0) is 24.1. The molecule has 0 saturated heterocycles. The Morgan fingerprint density at radius 3 is 2.45 bits per heavy atom. The van der Waals surface area contributed by atoms with Gasteiger partial charge in [-0.05, 0) is 62.6 Å². The Hall–Kier alpha value is -3.46. The summed E-state index contributed by atoms with van der Waals surface area (Å²) in [6, 6.07) is 7.65. The molecule has 2 amide bonds. The maximum absolute atomic E-state index is 12.7. The highest BCUT2D eigenvalue weighted by atomic mass is 32.2. The van der Waals surface area contributed by atoms with Crippen molar-refractivity contribution in [2.24, 2.45) is 0 Å². The second kappa shape index (κ2) is 13.2. The fourth-order valence-electron chi connectivity index (χ4n) is 2.76. The minimum atomic E-state index is -4.03. The van der Waals surface area contributed by atoms with Crippen molar-refractivity contribution in [1.82, 2.24) is 20.5 Å². The van der Waals surface area contributed by atoms with E-state index >= 15 is 0 Å². The third kappa shape index (κ3) is 8.53. The summed E-state index contributed by atoms with van der Waals surface area (Å²) in [6.45, 7) is 2.20. The fraction of sp³-hybridized carbons (Fsp3) is 0.318. The number of nitrogens with one attached hydrogen (secondary N) is 3. The molecule has 0 fully saturated rings. The molecule has 1 atom stereocenters. The first kappa shape index (κ1) is 25.8. The molecule has 10 nitrogen and oxygen atoms in total. The zero-order valence-corrected chi connectivity index (χ0v) is 18.9. The van der Waals surface area contributed by atoms with Crippen molar-refractivity contribution in [2.45, 2.75) is 37.1 Å². The van der Waals surface area contributed by atoms with Gasteiger partial charge in [0.25, 0.3) is 11.8 Å². The number of rotatable bonds is 12. The van der Waals surface area contributed by atoms with Crippen molar-refractivity contribution < 1.29 is 28.0 Å². The Kier molecular flexibility index (Phi) is 10.3. The molecule has 0 bridgehead atoms. The Labute approximate surface area is 192 Å². The fourth-order valence-corrected chi connectivity index (χ4v) is 3.99. The molecule has 0 aliphatic carbocycles. The van der Waals surface area contributed by atoms with Crippen LogP contribution in [-0.4, -0.2) is 49.6 Å². The average molecular weight is 475 g/mol. The number of carbonyl (C=O) groups is 2. The zero-order valence-electron chi connectivity index (χ0n) is 18.1. The maximum atomic E-state index is 12.7. The minimum absolute atomic E-state index is 0.0585. The Morgan fingerprint density at radius 1 is 1.12 bits per heavy atom. The number of hydrogen-bond donors (Lipinski definition) is 4. The number of hydroxylamine groups is 1. The molecule has 33 heavy (non-hydrogen) atoms. The number of benzene rings is 1. The van der Waals surface area contributed by atoms with E-state index in [4.69, 9.17) is 9.94 Å². The van der Waals surface area contributed by atoms with Gasteiger partial charge >= 0.3 is 0 Å². The monoisotopic (exact) mass is 474 g/mol. The average Bonchev–Trinajstić information content (AvgIpc) is 2.83. The molecule has 11 heteroatoms. The molecule has 0 aliphatic heterocycles. The van der Waals surface area contributed by atoms with Crippen molar-refractivity contribution >= 4 is 21.8 Å². The van der Waals surface area contributed by atoms with Crippen LogP contribution in [0.2, 0.25) is 0 Å². The SMILES string of the molecule is CC#CCOc1ccc(S(=O)(=O)NC(CCCCNC(=O)c2ccncc2)C(=O)NO)cc1. The van der Waals surface area contributed by atoms with Crippen LogP contribution in [-0.2, 0) is 14.8 Å². The predicted octanol–water partition coefficient (Wildman–Crippen LogP) is 1.24. The summed E-state index contributed by atoms with van der Waals surface area (Å²) in [5.74, 6) is 4.74. The summed E-state index contributed by atoms with van der Waals surface area (Å²) in [4.78, 5) is 27.8. The smallest absolute Gasteiger partial charge is 0.261 e. The van der Waals surface area contributed by atoms with Crippen LogP contribution in [0.5, 0.6) is 5.75 Å². The first-order valence-corrected chi connectivity index (χ1v) is 11.6. The summed E-state index contributed by atoms with van der Waals surface area (Å²) in [5.41, 5.74) is 1.96. The molecule has 0 radical (unpaired) electrons. The normalized spacial score (nSPS) is 11.6. The van der Waals surface area contributed by atoms with E-state index in [1.807, 2.05) is 0 Å². The van der Waals surface area contributed by atoms with Crippen LogP contribution in [0.1, 0.15) is 36.5 Å². The number of hydrogen-bond acceptors (Lipinski definition) is 7. The molecule has 0 saturated carbocycles. The van der Waals surface area contributed by atoms with E-state index in [0.29, 0.717) is 30.7 Å². The van der Waals surface area contributed by atoms with E-state index in [-0.39, 0.29) is 23.8 Å². The van der Waals surface area contributed by atoms with Crippen LogP contribution < -0.4 is 20.3 Å². The lowest BCUT2D eigenvalue weighted by Gasteiger charge is -2.17. The second-order valence-corrected chi connectivity index (χ2v) is 8.54. The maximum Gasteiger partial charge on any atom is 0.261 e. The quantitative estimate of drug-likeness (QED) is 0.157. The van der Waals surface area contributed by atoms with Crippen LogP contribution in [0, 0.1) is 11.8 Å². The van der Waals surface area contributed by atoms with E-state index < -0.39 is 22.0 Å². The van der Waals surface area contributed by atoms with Crippen LogP contribution in [0.3, 0.4) is 0 Å². The summed E-state index contributed by atoms with van der Waals surface area (Å²) < 4.78 is 33.0. The summed E-state index contributed by atoms with van der Waals surface area (Å²) >= 11 is 0. The van der Waals surface area contributed by atoms with Crippen molar-refractivity contribution in [2.75, 3.05) is 13.2 Å². The van der Waals surface area contributed by atoms with Crippen LogP contribution >= 0.6 is 0 Å². The predicted molar refractivity (Wildman–Crippen MR) is 120 cm³/mol. The molecule has 4 N–H and O–H groups in total. The molecule has 2 aromatic rings. The van der Waals surface area contributed by atoms with Gasteiger partial charge < -0.3 is 10.1 Å². The molecular weight excluding hydrogens is 448 g/mol. The Balaban J connectivity index is 1.88. The number of unbranched alkanes of at least 4 members (excludes halogenated alkanes) is 1. The molecule has 1 aromatic heterocycles. The highest BCUT2D eigenvalue weighted by Gasteiger charge is 2.25. The summed E-state index contributed by atoms with van der Waals surface area (Å²) in [5, 5.41) is 11.7. The second-order valence-electron chi connectivity index (χ2n) is 6.82. The first-order chi connectivity index (χ1) is 15.9. The van der Waals surface area contributed by atoms with Crippen molar-refractivity contribution in [3.8, 4) is 17.6 Å². The van der Waals surface area contributed by atoms with E-state index in [9.17, 15) is 18.0 Å². The van der Waals surface area contributed by atoms with E-state index in [2.05, 4.69) is 26.9 Å². The number of carbonyl (C=O) groups excluding carboxylic acids is 2. The molecule has 1 aromatic carbocycles. The van der Waals surface area contributed by atoms with Crippen LogP contribution in [0.15, 0.2) is 53.7 Å². The van der Waals surface area contributed by atoms with Crippen molar-refractivity contribution in [3.05, 3.63) is 54.4 Å². The van der Waals surface area contributed by atoms with Gasteiger partial charge in [0.05, 0.1) is 4.90 Å². The lowest BCUT2D eigenvalue weighted by molar-refractivity contribution is -0.131. The largest absolute Gasteiger partial charge is 0.481 e. The van der Waals surface area contributed by atoms with Gasteiger partial charge in [0.1, 0.15) is 18.4 Å². The third-order valence-corrected chi connectivity index (χ3v) is 5.98. The minimum Gasteiger partial charge on any atom is -0.481 e. The van der Waals surface area contributed by atoms with Gasteiger partial charge in [0, 0.05) is 24.5 Å². The van der Waals surface area contributed by atoms with Gasteiger partial charge in [-0.2, -0.15) is 4.72 Å². The van der Waals surface area contributed by atoms with E-state index in [1.54, 1.807) is 19.1 Å². The molecule has 2 rings (SSSR count). The molecular formula is C22H26N4O6S. The highest BCUT2D eigenvalue weighted by molar-refractivity contribution is 7.89. The Bertz CT molecular complexity index is 1080. The van der Waals surface area contributed by atoms with Gasteiger partial charge in [-0.1, -0.05) is 5.92 Å². The standard InChI is InChI=1S/C22H26N4O6S/c1-2-3-16-32-18-7-9-19(10-8-18)33(30,31)26-20(22(28)25-29)6-4-5-13-24-21(27)17-11-14-23-15-12-17/h7-12,14-15,20,26,29H,4-6,13,16H2,1H3,(H,24,27)(H,25,28). The number of amides is 2. The van der Waals surface area contributed by atoms with Crippen molar-refractivity contribution in [1.29, 1.82) is 0 Å². The van der Waals surface area contributed by atoms with Gasteiger partial charge in [-0.15, -0.1) is 5.92 Å². The van der Waals surface area contributed by atoms with Gasteiger partial charge in [0.15, 0.2) is 0 Å². The number of nitrogens with zero attached hydrogens (tertiary/aromatic N) is 1. The van der Waals surface area contributed by atoms with E-state index in [1.165, 1.54) is 42.1 Å². The van der Waals surface area contributed by atoms with Gasteiger partial charge in [0.2, 0.25) is 10.0 Å². The molecule has 1 unspecified atom stereocenters.